The number of nitro groups is 2. The van der Waals surface area contributed by atoms with E-state index in [-0.39, 0.29) is 6.07 Å². The Kier molecular flexibility index (Phi) is 8.91. The Morgan fingerprint density at radius 3 is 1.32 bits per heavy atom. The minimum Gasteiger partial charge on any atom is -0.258 e. The Morgan fingerprint density at radius 1 is 0.842 bits per heavy atom. The van der Waals surface area contributed by atoms with Crippen LogP contribution in [-0.4, -0.2) is 9.85 Å². The van der Waals surface area contributed by atoms with Crippen molar-refractivity contribution in [2.45, 2.75) is 27.7 Å². The van der Waals surface area contributed by atoms with Gasteiger partial charge in [0.2, 0.25) is 11.6 Å². The quantitative estimate of drug-likeness (QED) is 0.606. The molecule has 0 spiro atoms. The van der Waals surface area contributed by atoms with E-state index in [9.17, 15) is 33.4 Å². The van der Waals surface area contributed by atoms with Gasteiger partial charge < -0.3 is 0 Å². The van der Waals surface area contributed by atoms with Crippen molar-refractivity contribution in [3.8, 4) is 0 Å². The fourth-order valence-electron chi connectivity index (χ4n) is 0.905. The van der Waals surface area contributed by atoms with E-state index in [1.807, 2.05) is 27.7 Å². The highest BCUT2D eigenvalue weighted by Crippen LogP contribution is 2.31. The molecule has 0 unspecified atom stereocenters. The van der Waals surface area contributed by atoms with Gasteiger partial charge >= 0.3 is 11.4 Å². The van der Waals surface area contributed by atoms with Crippen molar-refractivity contribution in [3.63, 3.8) is 0 Å². The smallest absolute Gasteiger partial charge is 0.258 e. The first-order chi connectivity index (χ1) is 8.86. The Hall–Kier alpha value is -2.19. The summed E-state index contributed by atoms with van der Waals surface area (Å²) in [5.74, 6) is -5.75. The van der Waals surface area contributed by atoms with Gasteiger partial charge in [-0.3, -0.25) is 20.2 Å². The van der Waals surface area contributed by atoms with Gasteiger partial charge in [0, 0.05) is 6.07 Å². The molecule has 0 saturated carbocycles. The number of benzene rings is 1. The molecule has 1 aromatic rings. The van der Waals surface area contributed by atoms with Gasteiger partial charge in [-0.2, -0.15) is 13.2 Å². The third-order valence-electron chi connectivity index (χ3n) is 1.49. The van der Waals surface area contributed by atoms with Gasteiger partial charge in [-0.05, 0) is 0 Å². The lowest BCUT2D eigenvalue weighted by atomic mass is 10.2. The van der Waals surface area contributed by atoms with Gasteiger partial charge in [-0.15, -0.1) is 0 Å². The van der Waals surface area contributed by atoms with E-state index >= 15 is 0 Å². The highest BCUT2D eigenvalue weighted by atomic mass is 19.1. The van der Waals surface area contributed by atoms with E-state index in [1.165, 1.54) is 0 Å². The summed E-state index contributed by atoms with van der Waals surface area (Å²) in [5.41, 5.74) is -3.49. The second-order valence-electron chi connectivity index (χ2n) is 2.37. The zero-order chi connectivity index (χ0) is 15.7. The summed E-state index contributed by atoms with van der Waals surface area (Å²) in [5, 5.41) is 20.2. The van der Waals surface area contributed by atoms with Crippen LogP contribution in [-0.2, 0) is 0 Å². The zero-order valence-electron chi connectivity index (χ0n) is 10.7. The Morgan fingerprint density at radius 2 is 1.11 bits per heavy atom. The van der Waals surface area contributed by atoms with Crippen molar-refractivity contribution in [1.82, 2.24) is 0 Å². The second kappa shape index (κ2) is 8.84. The molecule has 0 aliphatic carbocycles. The lowest BCUT2D eigenvalue weighted by molar-refractivity contribution is -0.402. The standard InChI is InChI=1S/C6HF3N2O4.2C2H6/c7-2-1-3(8)6(11(14)15)4(9)5(2)10(12)13;2*1-2/h1H;2*1-2H3. The lowest BCUT2D eigenvalue weighted by Gasteiger charge is -1.98. The topological polar surface area (TPSA) is 86.3 Å². The van der Waals surface area contributed by atoms with Crippen LogP contribution in [0.3, 0.4) is 0 Å². The second-order valence-corrected chi connectivity index (χ2v) is 2.37. The Bertz CT molecular complexity index is 428. The molecule has 1 aromatic carbocycles. The molecule has 0 bridgehead atoms. The Balaban J connectivity index is 0. The fraction of sp³-hybridized carbons (Fsp3) is 0.400. The van der Waals surface area contributed by atoms with Crippen LogP contribution in [0.2, 0.25) is 0 Å². The van der Waals surface area contributed by atoms with Gasteiger partial charge in [0.25, 0.3) is 5.82 Å². The van der Waals surface area contributed by atoms with Crippen molar-refractivity contribution in [2.24, 2.45) is 0 Å². The van der Waals surface area contributed by atoms with E-state index in [4.69, 9.17) is 0 Å². The number of hydrogen-bond donors (Lipinski definition) is 0. The average Bonchev–Trinajstić information content (AvgIpc) is 2.32. The molecule has 0 radical (unpaired) electrons. The van der Waals surface area contributed by atoms with Crippen LogP contribution in [0, 0.1) is 37.7 Å². The maximum atomic E-state index is 12.9. The molecule has 0 aromatic heterocycles. The molecular formula is C10H13F3N2O4. The number of rotatable bonds is 2. The highest BCUT2D eigenvalue weighted by molar-refractivity contribution is 5.47. The summed E-state index contributed by atoms with van der Waals surface area (Å²) in [6.07, 6.45) is 0. The molecule has 6 nitrogen and oxygen atoms in total. The number of hydrogen-bond acceptors (Lipinski definition) is 4. The summed E-state index contributed by atoms with van der Waals surface area (Å²) in [7, 11) is 0. The van der Waals surface area contributed by atoms with Crippen LogP contribution < -0.4 is 0 Å². The van der Waals surface area contributed by atoms with Crippen molar-refractivity contribution >= 4 is 11.4 Å². The third-order valence-corrected chi connectivity index (χ3v) is 1.49. The highest BCUT2D eigenvalue weighted by Gasteiger charge is 2.34. The number of nitro benzene ring substituents is 2. The molecule has 108 valence electrons. The van der Waals surface area contributed by atoms with E-state index in [0.717, 1.165) is 0 Å². The molecule has 9 heteroatoms. The molecule has 0 N–H and O–H groups in total. The first kappa shape index (κ1) is 19.2. The van der Waals surface area contributed by atoms with Crippen LogP contribution >= 0.6 is 0 Å². The van der Waals surface area contributed by atoms with Crippen LogP contribution in [0.25, 0.3) is 0 Å². The van der Waals surface area contributed by atoms with E-state index in [0.29, 0.717) is 0 Å². The molecular weight excluding hydrogens is 269 g/mol. The maximum Gasteiger partial charge on any atom is 0.347 e. The normalized spacial score (nSPS) is 8.58. The maximum absolute atomic E-state index is 12.9. The molecule has 1 rings (SSSR count). The minimum absolute atomic E-state index is 0.112. The number of nitrogens with zero attached hydrogens (tertiary/aromatic N) is 2. The molecule has 0 saturated heterocycles. The first-order valence-corrected chi connectivity index (χ1v) is 5.32. The van der Waals surface area contributed by atoms with Gasteiger partial charge in [-0.25, -0.2) is 0 Å². The van der Waals surface area contributed by atoms with Crippen molar-refractivity contribution < 1.29 is 23.0 Å². The summed E-state index contributed by atoms with van der Waals surface area (Å²) < 4.78 is 38.3. The van der Waals surface area contributed by atoms with Crippen molar-refractivity contribution in [1.29, 1.82) is 0 Å². The monoisotopic (exact) mass is 282 g/mol. The van der Waals surface area contributed by atoms with Gasteiger partial charge in [-0.1, -0.05) is 27.7 Å². The van der Waals surface area contributed by atoms with Crippen LogP contribution in [0.4, 0.5) is 24.5 Å². The predicted molar refractivity (Wildman–Crippen MR) is 62.3 cm³/mol. The summed E-state index contributed by atoms with van der Waals surface area (Å²) >= 11 is 0. The van der Waals surface area contributed by atoms with E-state index in [2.05, 4.69) is 0 Å². The molecule has 0 fully saturated rings. The molecule has 0 aliphatic heterocycles. The van der Waals surface area contributed by atoms with Crippen molar-refractivity contribution in [3.05, 3.63) is 43.7 Å². The summed E-state index contributed by atoms with van der Waals surface area (Å²) in [6, 6.07) is -0.112. The molecule has 0 amide bonds. The lowest BCUT2D eigenvalue weighted by Crippen LogP contribution is -2.04. The van der Waals surface area contributed by atoms with Crippen LogP contribution in [0.15, 0.2) is 6.07 Å². The molecule has 0 heterocycles. The first-order valence-electron chi connectivity index (χ1n) is 5.32. The predicted octanol–water partition coefficient (Wildman–Crippen LogP) is 3.97. The number of halogens is 3. The molecule has 19 heavy (non-hydrogen) atoms. The molecule has 0 atom stereocenters. The van der Waals surface area contributed by atoms with E-state index < -0.39 is 38.7 Å². The minimum atomic E-state index is -2.14. The van der Waals surface area contributed by atoms with Crippen molar-refractivity contribution in [2.75, 3.05) is 0 Å². The van der Waals surface area contributed by atoms with Gasteiger partial charge in [0.1, 0.15) is 0 Å². The average molecular weight is 282 g/mol. The zero-order valence-corrected chi connectivity index (χ0v) is 10.7. The van der Waals surface area contributed by atoms with Gasteiger partial charge in [0.05, 0.1) is 9.85 Å². The third kappa shape index (κ3) is 4.53. The summed E-state index contributed by atoms with van der Waals surface area (Å²) in [4.78, 5) is 17.2. The Labute approximate surface area is 107 Å². The largest absolute Gasteiger partial charge is 0.347 e. The van der Waals surface area contributed by atoms with Crippen LogP contribution in [0.1, 0.15) is 27.7 Å². The SMILES string of the molecule is CC.CC.O=[N+]([O-])c1c(F)cc(F)c([N+](=O)[O-])c1F. The summed E-state index contributed by atoms with van der Waals surface area (Å²) in [6.45, 7) is 8.00. The van der Waals surface area contributed by atoms with Crippen LogP contribution in [0.5, 0.6) is 0 Å². The van der Waals surface area contributed by atoms with E-state index in [1.54, 1.807) is 0 Å². The fourth-order valence-corrected chi connectivity index (χ4v) is 0.905. The molecule has 0 aliphatic rings. The van der Waals surface area contributed by atoms with Gasteiger partial charge in [0.15, 0.2) is 0 Å².